The third kappa shape index (κ3) is 4.84. The number of amides is 2. The second kappa shape index (κ2) is 9.16. The van der Waals surface area contributed by atoms with Crippen molar-refractivity contribution in [2.24, 2.45) is 0 Å². The van der Waals surface area contributed by atoms with E-state index in [4.69, 9.17) is 9.47 Å². The standard InChI is InChI=1S/C21H27N3O3/c1-26-18-9-7-17(8-10-18)11-12-22-21(25)24-15-13-23(14-16-24)19-5-3-4-6-20(19)27-2/h3-10H,11-16H2,1-2H3,(H,22,25). The van der Waals surface area contributed by atoms with Crippen LogP contribution in [-0.2, 0) is 6.42 Å². The lowest BCUT2D eigenvalue weighted by atomic mass is 10.1. The zero-order chi connectivity index (χ0) is 19.1. The Balaban J connectivity index is 1.44. The van der Waals surface area contributed by atoms with E-state index in [9.17, 15) is 4.79 Å². The van der Waals surface area contributed by atoms with Gasteiger partial charge in [-0.1, -0.05) is 24.3 Å². The van der Waals surface area contributed by atoms with E-state index >= 15 is 0 Å². The Morgan fingerprint density at radius 1 is 0.963 bits per heavy atom. The summed E-state index contributed by atoms with van der Waals surface area (Å²) in [4.78, 5) is 16.5. The maximum absolute atomic E-state index is 12.4. The summed E-state index contributed by atoms with van der Waals surface area (Å²) in [6.45, 7) is 3.62. The number of piperazine rings is 1. The van der Waals surface area contributed by atoms with Crippen molar-refractivity contribution in [3.8, 4) is 11.5 Å². The van der Waals surface area contributed by atoms with Crippen LogP contribution in [-0.4, -0.2) is 57.9 Å². The molecule has 1 N–H and O–H groups in total. The molecule has 0 aliphatic carbocycles. The summed E-state index contributed by atoms with van der Waals surface area (Å²) in [7, 11) is 3.34. The average molecular weight is 369 g/mol. The van der Waals surface area contributed by atoms with Gasteiger partial charge in [-0.25, -0.2) is 4.79 Å². The lowest BCUT2D eigenvalue weighted by Gasteiger charge is -2.36. The van der Waals surface area contributed by atoms with Crippen molar-refractivity contribution in [3.63, 3.8) is 0 Å². The number of para-hydroxylation sites is 2. The molecule has 0 aromatic heterocycles. The second-order valence-corrected chi connectivity index (χ2v) is 6.48. The zero-order valence-electron chi connectivity index (χ0n) is 16.0. The maximum atomic E-state index is 12.4. The molecular formula is C21H27N3O3. The van der Waals surface area contributed by atoms with Crippen LogP contribution in [0, 0.1) is 0 Å². The van der Waals surface area contributed by atoms with Gasteiger partial charge in [0.2, 0.25) is 0 Å². The Morgan fingerprint density at radius 3 is 2.33 bits per heavy atom. The van der Waals surface area contributed by atoms with Gasteiger partial charge < -0.3 is 24.6 Å². The molecule has 2 aromatic rings. The molecule has 1 aliphatic rings. The van der Waals surface area contributed by atoms with Crippen molar-refractivity contribution >= 4 is 11.7 Å². The van der Waals surface area contributed by atoms with Crippen molar-refractivity contribution in [1.82, 2.24) is 10.2 Å². The van der Waals surface area contributed by atoms with Crippen LogP contribution in [0.1, 0.15) is 5.56 Å². The summed E-state index contributed by atoms with van der Waals surface area (Å²) in [6, 6.07) is 15.9. The molecule has 144 valence electrons. The summed E-state index contributed by atoms with van der Waals surface area (Å²) < 4.78 is 10.6. The molecule has 2 amide bonds. The first-order valence-electron chi connectivity index (χ1n) is 9.25. The van der Waals surface area contributed by atoms with Crippen LogP contribution in [0.4, 0.5) is 10.5 Å². The molecule has 1 saturated heterocycles. The van der Waals surface area contributed by atoms with Crippen LogP contribution < -0.4 is 19.7 Å². The Kier molecular flexibility index (Phi) is 6.41. The fourth-order valence-corrected chi connectivity index (χ4v) is 3.26. The van der Waals surface area contributed by atoms with Gasteiger partial charge >= 0.3 is 6.03 Å². The minimum Gasteiger partial charge on any atom is -0.497 e. The number of anilines is 1. The number of carbonyl (C=O) groups is 1. The molecule has 0 saturated carbocycles. The van der Waals surface area contributed by atoms with Crippen LogP contribution in [0.3, 0.4) is 0 Å². The lowest BCUT2D eigenvalue weighted by Crippen LogP contribution is -2.52. The van der Waals surface area contributed by atoms with E-state index in [0.29, 0.717) is 19.6 Å². The monoisotopic (exact) mass is 369 g/mol. The van der Waals surface area contributed by atoms with Crippen molar-refractivity contribution in [2.75, 3.05) is 51.8 Å². The first-order valence-corrected chi connectivity index (χ1v) is 9.25. The summed E-state index contributed by atoms with van der Waals surface area (Å²) in [6.07, 6.45) is 0.802. The maximum Gasteiger partial charge on any atom is 0.317 e. The predicted molar refractivity (Wildman–Crippen MR) is 107 cm³/mol. The van der Waals surface area contributed by atoms with E-state index in [0.717, 1.165) is 36.7 Å². The molecular weight excluding hydrogens is 342 g/mol. The van der Waals surface area contributed by atoms with Crippen molar-refractivity contribution in [1.29, 1.82) is 0 Å². The third-order valence-corrected chi connectivity index (χ3v) is 4.84. The quantitative estimate of drug-likeness (QED) is 0.851. The third-order valence-electron chi connectivity index (χ3n) is 4.84. The molecule has 0 unspecified atom stereocenters. The average Bonchev–Trinajstić information content (AvgIpc) is 2.74. The number of methoxy groups -OCH3 is 2. The molecule has 0 atom stereocenters. The first-order chi connectivity index (χ1) is 13.2. The highest BCUT2D eigenvalue weighted by atomic mass is 16.5. The van der Waals surface area contributed by atoms with E-state index < -0.39 is 0 Å². The number of benzene rings is 2. The zero-order valence-corrected chi connectivity index (χ0v) is 16.0. The Morgan fingerprint density at radius 2 is 1.67 bits per heavy atom. The summed E-state index contributed by atoms with van der Waals surface area (Å²) in [5.74, 6) is 1.71. The second-order valence-electron chi connectivity index (χ2n) is 6.48. The van der Waals surface area contributed by atoms with E-state index in [1.165, 1.54) is 5.56 Å². The molecule has 0 radical (unpaired) electrons. The Labute approximate surface area is 160 Å². The van der Waals surface area contributed by atoms with Gasteiger partial charge in [-0.15, -0.1) is 0 Å². The predicted octanol–water partition coefficient (Wildman–Crippen LogP) is 2.78. The fourth-order valence-electron chi connectivity index (χ4n) is 3.26. The number of nitrogens with one attached hydrogen (secondary N) is 1. The van der Waals surface area contributed by atoms with E-state index in [2.05, 4.69) is 16.3 Å². The van der Waals surface area contributed by atoms with E-state index in [1.807, 2.05) is 47.4 Å². The highest BCUT2D eigenvalue weighted by Gasteiger charge is 2.22. The van der Waals surface area contributed by atoms with Gasteiger partial charge in [0.25, 0.3) is 0 Å². The minimum absolute atomic E-state index is 0.00295. The number of nitrogens with zero attached hydrogens (tertiary/aromatic N) is 2. The van der Waals surface area contributed by atoms with Crippen molar-refractivity contribution < 1.29 is 14.3 Å². The first kappa shape index (κ1) is 18.9. The van der Waals surface area contributed by atoms with E-state index in [1.54, 1.807) is 14.2 Å². The van der Waals surface area contributed by atoms with Crippen LogP contribution in [0.2, 0.25) is 0 Å². The molecule has 6 heteroatoms. The molecule has 1 fully saturated rings. The molecule has 27 heavy (non-hydrogen) atoms. The number of ether oxygens (including phenoxy) is 2. The van der Waals surface area contributed by atoms with Crippen LogP contribution in [0.5, 0.6) is 11.5 Å². The smallest absolute Gasteiger partial charge is 0.317 e. The van der Waals surface area contributed by atoms with Gasteiger partial charge in [0.1, 0.15) is 11.5 Å². The number of carbonyl (C=O) groups excluding carboxylic acids is 1. The number of urea groups is 1. The molecule has 1 aliphatic heterocycles. The fraction of sp³-hybridized carbons (Fsp3) is 0.381. The van der Waals surface area contributed by atoms with Gasteiger partial charge in [0.05, 0.1) is 19.9 Å². The molecule has 2 aromatic carbocycles. The minimum atomic E-state index is 0.00295. The van der Waals surface area contributed by atoms with Gasteiger partial charge in [0.15, 0.2) is 0 Å². The van der Waals surface area contributed by atoms with Gasteiger partial charge in [-0.3, -0.25) is 0 Å². The molecule has 1 heterocycles. The molecule has 0 spiro atoms. The largest absolute Gasteiger partial charge is 0.497 e. The van der Waals surface area contributed by atoms with Crippen molar-refractivity contribution in [3.05, 3.63) is 54.1 Å². The van der Waals surface area contributed by atoms with Gasteiger partial charge in [0, 0.05) is 32.7 Å². The number of rotatable bonds is 6. The molecule has 3 rings (SSSR count). The highest BCUT2D eigenvalue weighted by Crippen LogP contribution is 2.28. The lowest BCUT2D eigenvalue weighted by molar-refractivity contribution is 0.194. The molecule has 0 bridgehead atoms. The Bertz CT molecular complexity index is 741. The number of hydrogen-bond donors (Lipinski definition) is 1. The molecule has 6 nitrogen and oxygen atoms in total. The van der Waals surface area contributed by atoms with Crippen molar-refractivity contribution in [2.45, 2.75) is 6.42 Å². The van der Waals surface area contributed by atoms with Gasteiger partial charge in [-0.05, 0) is 36.2 Å². The van der Waals surface area contributed by atoms with Gasteiger partial charge in [-0.2, -0.15) is 0 Å². The van der Waals surface area contributed by atoms with Crippen LogP contribution in [0.25, 0.3) is 0 Å². The van der Waals surface area contributed by atoms with E-state index in [-0.39, 0.29) is 6.03 Å². The summed E-state index contributed by atoms with van der Waals surface area (Å²) in [5, 5.41) is 3.02. The Hall–Kier alpha value is -2.89. The SMILES string of the molecule is COc1ccc(CCNC(=O)N2CCN(c3ccccc3OC)CC2)cc1. The summed E-state index contributed by atoms with van der Waals surface area (Å²) >= 11 is 0. The van der Waals surface area contributed by atoms with Crippen LogP contribution in [0.15, 0.2) is 48.5 Å². The van der Waals surface area contributed by atoms with Crippen LogP contribution >= 0.6 is 0 Å². The topological polar surface area (TPSA) is 54.0 Å². The normalized spacial score (nSPS) is 14.0. The number of hydrogen-bond acceptors (Lipinski definition) is 4. The summed E-state index contributed by atoms with van der Waals surface area (Å²) in [5.41, 5.74) is 2.26. The highest BCUT2D eigenvalue weighted by molar-refractivity contribution is 5.74.